The molecule has 0 heteroatoms. The van der Waals surface area contributed by atoms with Crippen molar-refractivity contribution < 1.29 is 0 Å². The summed E-state index contributed by atoms with van der Waals surface area (Å²) < 4.78 is 0. The minimum Gasteiger partial charge on any atom is -0.0616 e. The molecular formula is C79H98. The number of rotatable bonds is 2. The molecule has 9 aromatic rings. The van der Waals surface area contributed by atoms with E-state index in [-0.39, 0.29) is 10.8 Å². The van der Waals surface area contributed by atoms with Crippen molar-refractivity contribution in [2.24, 2.45) is 11.8 Å². The van der Waals surface area contributed by atoms with Gasteiger partial charge in [-0.25, -0.2) is 0 Å². The lowest BCUT2D eigenvalue weighted by Crippen LogP contribution is -2.12. The maximum absolute atomic E-state index is 2.45. The van der Waals surface area contributed by atoms with Crippen molar-refractivity contribution in [3.63, 3.8) is 0 Å². The van der Waals surface area contributed by atoms with E-state index in [9.17, 15) is 0 Å². The zero-order valence-corrected chi connectivity index (χ0v) is 52.4. The molecule has 79 heavy (non-hydrogen) atoms. The molecule has 3 saturated carbocycles. The lowest BCUT2D eigenvalue weighted by atomic mass is 9.80. The van der Waals surface area contributed by atoms with Crippen molar-refractivity contribution >= 4 is 43.1 Å². The molecule has 0 saturated heterocycles. The summed E-state index contributed by atoms with van der Waals surface area (Å²) in [5.74, 6) is 3.74. The Bertz CT molecular complexity index is 3570. The monoisotopic (exact) mass is 1050 g/mol. The highest BCUT2D eigenvalue weighted by molar-refractivity contribution is 5.92. The average molecular weight is 1050 g/mol. The second-order valence-corrected chi connectivity index (χ2v) is 26.9. The molecule has 0 aliphatic heterocycles. The molecule has 3 atom stereocenters. The number of aryl methyl sites for hydroxylation is 10. The number of hydrogen-bond donors (Lipinski definition) is 0. The van der Waals surface area contributed by atoms with Gasteiger partial charge in [-0.05, 0) is 282 Å². The van der Waals surface area contributed by atoms with Crippen molar-refractivity contribution in [2.75, 3.05) is 0 Å². The van der Waals surface area contributed by atoms with Crippen molar-refractivity contribution in [1.82, 2.24) is 0 Å². The van der Waals surface area contributed by atoms with Crippen LogP contribution in [0, 0.1) is 94.9 Å². The molecule has 0 N–H and O–H groups in total. The molecule has 0 heterocycles. The molecule has 3 aliphatic rings. The summed E-state index contributed by atoms with van der Waals surface area (Å²) in [7, 11) is 0. The Hall–Kier alpha value is -5.98. The predicted octanol–water partition coefficient (Wildman–Crippen LogP) is 23.3. The van der Waals surface area contributed by atoms with Gasteiger partial charge in [-0.3, -0.25) is 0 Å². The fraction of sp³-hybridized carbons (Fsp3) is 0.418. The molecule has 0 aromatic heterocycles. The minimum absolute atomic E-state index is 0.206. The summed E-state index contributed by atoms with van der Waals surface area (Å²) in [6.07, 6.45) is 13.0. The van der Waals surface area contributed by atoms with Gasteiger partial charge in [-0.2, -0.15) is 0 Å². The molecule has 3 fully saturated rings. The van der Waals surface area contributed by atoms with Crippen LogP contribution in [-0.4, -0.2) is 0 Å². The predicted molar refractivity (Wildman–Crippen MR) is 350 cm³/mol. The van der Waals surface area contributed by atoms with Crippen LogP contribution in [0.15, 0.2) is 133 Å². The molecule has 12 rings (SSSR count). The van der Waals surface area contributed by atoms with Crippen LogP contribution in [0.2, 0.25) is 0 Å². The van der Waals surface area contributed by atoms with Crippen LogP contribution in [0.25, 0.3) is 43.1 Å². The molecule has 9 aromatic carbocycles. The van der Waals surface area contributed by atoms with Gasteiger partial charge in [0.1, 0.15) is 0 Å². The van der Waals surface area contributed by atoms with Gasteiger partial charge in [0.25, 0.3) is 0 Å². The zero-order chi connectivity index (χ0) is 57.1. The lowest BCUT2D eigenvalue weighted by molar-refractivity contribution is 0.419. The first-order valence-corrected chi connectivity index (χ1v) is 30.4. The normalized spacial score (nSPS) is 17.1. The third-order valence-corrected chi connectivity index (χ3v) is 19.3. The molecule has 0 amide bonds. The van der Waals surface area contributed by atoms with Crippen LogP contribution in [0.3, 0.4) is 0 Å². The van der Waals surface area contributed by atoms with E-state index in [0.29, 0.717) is 0 Å². The van der Waals surface area contributed by atoms with Crippen molar-refractivity contribution in [3.05, 3.63) is 222 Å². The maximum atomic E-state index is 2.45. The van der Waals surface area contributed by atoms with Crippen molar-refractivity contribution in [1.29, 1.82) is 0 Å². The molecule has 0 spiro atoms. The fourth-order valence-corrected chi connectivity index (χ4v) is 13.7. The Morgan fingerprint density at radius 1 is 0.329 bits per heavy atom. The summed E-state index contributed by atoms with van der Waals surface area (Å²) >= 11 is 0. The van der Waals surface area contributed by atoms with E-state index in [1.807, 2.05) is 0 Å². The average Bonchev–Trinajstić information content (AvgIpc) is 4.14. The van der Waals surface area contributed by atoms with Crippen molar-refractivity contribution in [3.8, 4) is 0 Å². The van der Waals surface area contributed by atoms with E-state index in [2.05, 4.69) is 258 Å². The molecule has 3 unspecified atom stereocenters. The molecule has 0 radical (unpaired) electrons. The van der Waals surface area contributed by atoms with E-state index < -0.39 is 0 Å². The second kappa shape index (κ2) is 24.8. The van der Waals surface area contributed by atoms with E-state index in [1.165, 1.54) is 179 Å². The Morgan fingerprint density at radius 3 is 1.39 bits per heavy atom. The van der Waals surface area contributed by atoms with Crippen LogP contribution in [0.5, 0.6) is 0 Å². The van der Waals surface area contributed by atoms with Gasteiger partial charge in [0.2, 0.25) is 0 Å². The third-order valence-electron chi connectivity index (χ3n) is 19.3. The van der Waals surface area contributed by atoms with Crippen LogP contribution in [0.4, 0.5) is 0 Å². The Labute approximate surface area is 479 Å². The summed E-state index contributed by atoms with van der Waals surface area (Å²) in [6, 6.07) is 49.4. The van der Waals surface area contributed by atoms with Crippen LogP contribution in [-0.2, 0) is 10.8 Å². The summed E-state index contributed by atoms with van der Waals surface area (Å²) in [6.45, 7) is 40.3. The number of benzene rings is 9. The quantitative estimate of drug-likeness (QED) is 0.162. The standard InChI is InChI=1S/C18H22.C16H22.2C16H20.C13H14/c1-13-12-18(15-8-4-3-5-9-15)17-11-7-6-10-16(17)14(13)2;1-10-6-15(7-11(2)12(10)3)16-9-13-4-5-14(16)8-13;1-11-9-13-7-6-8-15(16(3,4)5)14(13)10-12(11)2;1-11-10-15(16(3,4)5)14-9-7-6-8-13(14)12(11)2;1-9-8-12-6-4-5-7-13(12)11(3)10(9)2/h6-7,10-12,15H,3-5,8-9H2,1-2H3;6-7,13-14,16H,4-5,8-9H2,1-3H3;2*6-10H,1-5H3;4-8H,1-3H3. The van der Waals surface area contributed by atoms with E-state index in [4.69, 9.17) is 0 Å². The zero-order valence-electron chi connectivity index (χ0n) is 52.4. The van der Waals surface area contributed by atoms with Crippen LogP contribution < -0.4 is 0 Å². The number of hydrogen-bond acceptors (Lipinski definition) is 0. The van der Waals surface area contributed by atoms with Gasteiger partial charge in [0.05, 0.1) is 0 Å². The SMILES string of the molecule is Cc1cc(C(C)(C)C)c2ccccc2c1C.Cc1cc(C2CC3CCC2C3)cc(C)c1C.Cc1cc(C2CCCCC2)c2ccccc2c1C.Cc1cc2cccc(C(C)(C)C)c2cc1C.Cc1cc2ccccc2c(C)c1C. The summed E-state index contributed by atoms with van der Waals surface area (Å²) in [5.41, 5.74) is 23.7. The fourth-order valence-electron chi connectivity index (χ4n) is 13.7. The van der Waals surface area contributed by atoms with Gasteiger partial charge in [-0.1, -0.05) is 201 Å². The van der Waals surface area contributed by atoms with Gasteiger partial charge in [0, 0.05) is 0 Å². The highest BCUT2D eigenvalue weighted by Gasteiger charge is 2.40. The van der Waals surface area contributed by atoms with Gasteiger partial charge in [-0.15, -0.1) is 0 Å². The maximum Gasteiger partial charge on any atom is -0.0126 e. The van der Waals surface area contributed by atoms with Gasteiger partial charge >= 0.3 is 0 Å². The number of fused-ring (bicyclic) bond motifs is 6. The Balaban J connectivity index is 0.000000130. The minimum atomic E-state index is 0.206. The highest BCUT2D eigenvalue weighted by Crippen LogP contribution is 2.53. The molecular weight excluding hydrogens is 949 g/mol. The van der Waals surface area contributed by atoms with Gasteiger partial charge in [0.15, 0.2) is 0 Å². The molecule has 0 nitrogen and oxygen atoms in total. The molecule has 2 bridgehead atoms. The largest absolute Gasteiger partial charge is 0.0616 e. The first-order valence-electron chi connectivity index (χ1n) is 30.4. The van der Waals surface area contributed by atoms with Crippen LogP contribution in [0.1, 0.15) is 200 Å². The van der Waals surface area contributed by atoms with E-state index in [0.717, 1.165) is 23.7 Å². The van der Waals surface area contributed by atoms with Crippen LogP contribution >= 0.6 is 0 Å². The first-order chi connectivity index (χ1) is 37.4. The Kier molecular flexibility index (Phi) is 18.6. The third kappa shape index (κ3) is 13.5. The van der Waals surface area contributed by atoms with E-state index >= 15 is 0 Å². The topological polar surface area (TPSA) is 0 Å². The lowest BCUT2D eigenvalue weighted by Gasteiger charge is -2.24. The highest BCUT2D eigenvalue weighted by atomic mass is 14.4. The molecule has 414 valence electrons. The summed E-state index contributed by atoms with van der Waals surface area (Å²) in [4.78, 5) is 0. The van der Waals surface area contributed by atoms with E-state index in [1.54, 1.807) is 11.1 Å². The smallest absolute Gasteiger partial charge is 0.0126 e. The van der Waals surface area contributed by atoms with Gasteiger partial charge < -0.3 is 0 Å². The summed E-state index contributed by atoms with van der Waals surface area (Å²) in [5, 5.41) is 11.2. The first kappa shape index (κ1) is 59.1. The molecule has 3 aliphatic carbocycles. The van der Waals surface area contributed by atoms with Crippen molar-refractivity contribution in [2.45, 2.75) is 205 Å². The Morgan fingerprint density at radius 2 is 0.810 bits per heavy atom. The second-order valence-electron chi connectivity index (χ2n) is 26.9.